The van der Waals surface area contributed by atoms with Crippen LogP contribution in [0.25, 0.3) is 0 Å². The molecule has 7 nitrogen and oxygen atoms in total. The number of methoxy groups -OCH3 is 3. The number of guanidine groups is 1. The van der Waals surface area contributed by atoms with E-state index in [1.807, 2.05) is 12.1 Å². The first-order valence-corrected chi connectivity index (χ1v) is 9.54. The lowest BCUT2D eigenvalue weighted by Crippen LogP contribution is -2.38. The maximum absolute atomic E-state index is 5.45. The fourth-order valence-electron chi connectivity index (χ4n) is 2.45. The molecule has 0 unspecified atom stereocenters. The van der Waals surface area contributed by atoms with Crippen molar-refractivity contribution in [1.82, 2.24) is 10.6 Å². The highest BCUT2D eigenvalue weighted by Gasteiger charge is 2.05. The van der Waals surface area contributed by atoms with Gasteiger partial charge in [-0.3, -0.25) is 4.99 Å². The van der Waals surface area contributed by atoms with Gasteiger partial charge in [-0.05, 0) is 43.9 Å². The zero-order valence-corrected chi connectivity index (χ0v) is 19.9. The van der Waals surface area contributed by atoms with Crippen LogP contribution in [0.3, 0.4) is 0 Å². The molecule has 0 fully saturated rings. The molecule has 0 amide bonds. The van der Waals surface area contributed by atoms with Crippen molar-refractivity contribution in [2.24, 2.45) is 4.99 Å². The molecule has 0 aliphatic rings. The first-order valence-electron chi connectivity index (χ1n) is 9.54. The lowest BCUT2D eigenvalue weighted by molar-refractivity contribution is 0.0690. The average molecular weight is 509 g/mol. The molecule has 0 aliphatic heterocycles. The van der Waals surface area contributed by atoms with Crippen molar-refractivity contribution in [3.05, 3.63) is 23.8 Å². The van der Waals surface area contributed by atoms with Gasteiger partial charge in [0.15, 0.2) is 17.5 Å². The van der Waals surface area contributed by atoms with Gasteiger partial charge in [0.1, 0.15) is 0 Å². The van der Waals surface area contributed by atoms with E-state index < -0.39 is 0 Å². The number of hydrogen-bond donors (Lipinski definition) is 2. The Morgan fingerprint density at radius 3 is 2.43 bits per heavy atom. The van der Waals surface area contributed by atoms with Crippen LogP contribution in [0.15, 0.2) is 23.2 Å². The maximum Gasteiger partial charge on any atom is 0.191 e. The SMILES string of the molecule is CCNC(=NCCCCOCCOC)NCCc1ccc(OC)c(OC)c1.I. The number of nitrogens with zero attached hydrogens (tertiary/aromatic N) is 1. The summed E-state index contributed by atoms with van der Waals surface area (Å²) in [7, 11) is 4.97. The van der Waals surface area contributed by atoms with Crippen molar-refractivity contribution < 1.29 is 18.9 Å². The first-order chi connectivity index (χ1) is 13.2. The molecule has 0 spiro atoms. The summed E-state index contributed by atoms with van der Waals surface area (Å²) < 4.78 is 21.0. The molecule has 0 bridgehead atoms. The topological polar surface area (TPSA) is 73.3 Å². The Labute approximate surface area is 186 Å². The standard InChI is InChI=1S/C20H35N3O4.HI/c1-5-21-20(22-11-6-7-13-27-15-14-24-2)23-12-10-17-8-9-18(25-3)19(16-17)26-4;/h8-9,16H,5-7,10-15H2,1-4H3,(H2,21,22,23);1H. The third-order valence-electron chi connectivity index (χ3n) is 3.90. The summed E-state index contributed by atoms with van der Waals surface area (Å²) in [6, 6.07) is 5.99. The van der Waals surface area contributed by atoms with Gasteiger partial charge in [0.05, 0.1) is 27.4 Å². The van der Waals surface area contributed by atoms with E-state index in [1.54, 1.807) is 21.3 Å². The van der Waals surface area contributed by atoms with Crippen LogP contribution in [-0.4, -0.2) is 66.7 Å². The smallest absolute Gasteiger partial charge is 0.191 e. The third-order valence-corrected chi connectivity index (χ3v) is 3.90. The van der Waals surface area contributed by atoms with Gasteiger partial charge in [-0.15, -0.1) is 24.0 Å². The summed E-state index contributed by atoms with van der Waals surface area (Å²) in [6.07, 6.45) is 2.87. The number of rotatable bonds is 14. The zero-order chi connectivity index (χ0) is 19.7. The van der Waals surface area contributed by atoms with Crippen molar-refractivity contribution in [2.45, 2.75) is 26.2 Å². The first kappa shape index (κ1) is 26.7. The molecule has 8 heteroatoms. The van der Waals surface area contributed by atoms with Gasteiger partial charge in [-0.25, -0.2) is 0 Å². The number of nitrogens with one attached hydrogen (secondary N) is 2. The van der Waals surface area contributed by atoms with Gasteiger partial charge >= 0.3 is 0 Å². The van der Waals surface area contributed by atoms with E-state index in [1.165, 1.54) is 5.56 Å². The normalized spacial score (nSPS) is 10.9. The summed E-state index contributed by atoms with van der Waals surface area (Å²) in [4.78, 5) is 4.61. The Balaban J connectivity index is 0.00000729. The molecule has 0 atom stereocenters. The summed E-state index contributed by atoms with van der Waals surface area (Å²) in [5.74, 6) is 2.34. The molecule has 28 heavy (non-hydrogen) atoms. The van der Waals surface area contributed by atoms with Crippen LogP contribution in [0.5, 0.6) is 11.5 Å². The second kappa shape index (κ2) is 17.8. The molecule has 0 radical (unpaired) electrons. The van der Waals surface area contributed by atoms with Gasteiger partial charge in [0, 0.05) is 33.4 Å². The third kappa shape index (κ3) is 11.6. The molecule has 0 saturated carbocycles. The highest BCUT2D eigenvalue weighted by atomic mass is 127. The Hall–Kier alpha value is -1.26. The minimum atomic E-state index is 0. The molecule has 0 heterocycles. The van der Waals surface area contributed by atoms with Crippen molar-refractivity contribution in [3.63, 3.8) is 0 Å². The molecular weight excluding hydrogens is 473 g/mol. The van der Waals surface area contributed by atoms with Crippen molar-refractivity contribution in [2.75, 3.05) is 60.8 Å². The van der Waals surface area contributed by atoms with Crippen LogP contribution in [0, 0.1) is 0 Å². The quantitative estimate of drug-likeness (QED) is 0.174. The van der Waals surface area contributed by atoms with Crippen molar-refractivity contribution >= 4 is 29.9 Å². The van der Waals surface area contributed by atoms with Crippen molar-refractivity contribution in [3.8, 4) is 11.5 Å². The van der Waals surface area contributed by atoms with Crippen LogP contribution < -0.4 is 20.1 Å². The highest BCUT2D eigenvalue weighted by molar-refractivity contribution is 14.0. The number of ether oxygens (including phenoxy) is 4. The predicted molar refractivity (Wildman–Crippen MR) is 125 cm³/mol. The molecule has 0 aliphatic carbocycles. The van der Waals surface area contributed by atoms with E-state index in [-0.39, 0.29) is 24.0 Å². The van der Waals surface area contributed by atoms with Crippen LogP contribution in [0.1, 0.15) is 25.3 Å². The number of benzene rings is 1. The maximum atomic E-state index is 5.45. The van der Waals surface area contributed by atoms with Crippen LogP contribution in [-0.2, 0) is 15.9 Å². The molecule has 2 N–H and O–H groups in total. The molecule has 1 aromatic carbocycles. The van der Waals surface area contributed by atoms with E-state index in [2.05, 4.69) is 28.6 Å². The number of halogens is 1. The Bertz CT molecular complexity index is 544. The van der Waals surface area contributed by atoms with Gasteiger partial charge in [0.25, 0.3) is 0 Å². The second-order valence-electron chi connectivity index (χ2n) is 5.94. The predicted octanol–water partition coefficient (Wildman–Crippen LogP) is 2.86. The summed E-state index contributed by atoms with van der Waals surface area (Å²) in [5.41, 5.74) is 1.18. The largest absolute Gasteiger partial charge is 0.493 e. The summed E-state index contributed by atoms with van der Waals surface area (Å²) in [6.45, 7) is 6.52. The van der Waals surface area contributed by atoms with Crippen LogP contribution in [0.2, 0.25) is 0 Å². The number of hydrogen-bond acceptors (Lipinski definition) is 5. The van der Waals surface area contributed by atoms with Crippen molar-refractivity contribution in [1.29, 1.82) is 0 Å². The molecule has 0 saturated heterocycles. The minimum absolute atomic E-state index is 0. The lowest BCUT2D eigenvalue weighted by atomic mass is 10.1. The van der Waals surface area contributed by atoms with Gasteiger partial charge < -0.3 is 29.6 Å². The number of aliphatic imine (C=N–C) groups is 1. The highest BCUT2D eigenvalue weighted by Crippen LogP contribution is 2.27. The van der Waals surface area contributed by atoms with Gasteiger partial charge in [0.2, 0.25) is 0 Å². The van der Waals surface area contributed by atoms with Gasteiger partial charge in [-0.2, -0.15) is 0 Å². The van der Waals surface area contributed by atoms with Crippen LogP contribution in [0.4, 0.5) is 0 Å². The van der Waals surface area contributed by atoms with E-state index >= 15 is 0 Å². The fourth-order valence-corrected chi connectivity index (χ4v) is 2.45. The molecule has 1 aromatic rings. The molecule has 0 aromatic heterocycles. The molecule has 1 rings (SSSR count). The number of unbranched alkanes of at least 4 members (excludes halogenated alkanes) is 1. The lowest BCUT2D eigenvalue weighted by Gasteiger charge is -2.12. The Kier molecular flexibility index (Phi) is 17.0. The van der Waals surface area contributed by atoms with E-state index in [0.717, 1.165) is 63.0 Å². The van der Waals surface area contributed by atoms with E-state index in [9.17, 15) is 0 Å². The van der Waals surface area contributed by atoms with E-state index in [4.69, 9.17) is 18.9 Å². The molecular formula is C20H36IN3O4. The minimum Gasteiger partial charge on any atom is -0.493 e. The molecule has 162 valence electrons. The van der Waals surface area contributed by atoms with E-state index in [0.29, 0.717) is 13.2 Å². The fraction of sp³-hybridized carbons (Fsp3) is 0.650. The second-order valence-corrected chi connectivity index (χ2v) is 5.94. The monoisotopic (exact) mass is 509 g/mol. The Morgan fingerprint density at radius 2 is 1.75 bits per heavy atom. The van der Waals surface area contributed by atoms with Gasteiger partial charge in [-0.1, -0.05) is 6.07 Å². The summed E-state index contributed by atoms with van der Waals surface area (Å²) in [5, 5.41) is 6.65. The summed E-state index contributed by atoms with van der Waals surface area (Å²) >= 11 is 0. The van der Waals surface area contributed by atoms with Crippen LogP contribution >= 0.6 is 24.0 Å². The zero-order valence-electron chi connectivity index (χ0n) is 17.6. The average Bonchev–Trinajstić information content (AvgIpc) is 2.69. The Morgan fingerprint density at radius 1 is 0.964 bits per heavy atom.